The molecule has 1 fully saturated rings. The van der Waals surface area contributed by atoms with Gasteiger partial charge in [-0.05, 0) is 62.8 Å². The zero-order chi connectivity index (χ0) is 20.3. The second-order valence-corrected chi connectivity index (χ2v) is 10.0. The van der Waals surface area contributed by atoms with Crippen molar-refractivity contribution < 1.29 is 22.7 Å². The molecular formula is C19H22FN3O4S. The van der Waals surface area contributed by atoms with Crippen LogP contribution in [0.3, 0.4) is 0 Å². The Labute approximate surface area is 162 Å². The highest BCUT2D eigenvalue weighted by Gasteiger charge is 2.36. The highest BCUT2D eigenvalue weighted by Crippen LogP contribution is 2.42. The summed E-state index contributed by atoms with van der Waals surface area (Å²) in [4.78, 5) is 11.5. The van der Waals surface area contributed by atoms with Gasteiger partial charge in [0.2, 0.25) is 10.0 Å². The van der Waals surface area contributed by atoms with E-state index in [0.29, 0.717) is 22.0 Å². The number of benzene rings is 1. The zero-order valence-corrected chi connectivity index (χ0v) is 16.5. The van der Waals surface area contributed by atoms with Crippen LogP contribution in [0.4, 0.5) is 4.39 Å². The van der Waals surface area contributed by atoms with Crippen LogP contribution in [0.2, 0.25) is 0 Å². The van der Waals surface area contributed by atoms with E-state index in [1.165, 1.54) is 13.8 Å². The Morgan fingerprint density at radius 2 is 2.00 bits per heavy atom. The van der Waals surface area contributed by atoms with Crippen LogP contribution in [-0.2, 0) is 27.7 Å². The standard InChI is InChI=1S/C19H22FN3O4S/c1-19(2,20)9-21-28(26,27)17-13-6-12(18(24)25)5-11(13)7-16-14(17)8-15(22-23-16)10-3-4-10/h7-8,10,12,21H,3-6,9H2,1-2H3,(H,24,25). The Kier molecular flexibility index (Phi) is 4.42. The number of halogens is 1. The van der Waals surface area contributed by atoms with Crippen LogP contribution in [0.5, 0.6) is 0 Å². The zero-order valence-electron chi connectivity index (χ0n) is 15.7. The molecule has 1 heterocycles. The van der Waals surface area contributed by atoms with Crippen molar-refractivity contribution in [2.24, 2.45) is 5.92 Å². The van der Waals surface area contributed by atoms with Gasteiger partial charge in [-0.3, -0.25) is 4.79 Å². The number of nitrogens with zero attached hydrogens (tertiary/aromatic N) is 2. The predicted octanol–water partition coefficient (Wildman–Crippen LogP) is 2.33. The molecule has 28 heavy (non-hydrogen) atoms. The minimum atomic E-state index is -4.07. The molecule has 9 heteroatoms. The lowest BCUT2D eigenvalue weighted by atomic mass is 10.1. The predicted molar refractivity (Wildman–Crippen MR) is 100 cm³/mol. The largest absolute Gasteiger partial charge is 0.481 e. The second kappa shape index (κ2) is 6.45. The van der Waals surface area contributed by atoms with Crippen molar-refractivity contribution >= 4 is 26.9 Å². The van der Waals surface area contributed by atoms with Crippen LogP contribution in [0.15, 0.2) is 17.0 Å². The van der Waals surface area contributed by atoms with Crippen molar-refractivity contribution in [1.82, 2.24) is 14.9 Å². The van der Waals surface area contributed by atoms with Crippen LogP contribution < -0.4 is 4.72 Å². The normalized spacial score (nSPS) is 19.8. The number of carboxylic acid groups (broad SMARTS) is 1. The Balaban J connectivity index is 1.89. The first-order valence-corrected chi connectivity index (χ1v) is 10.8. The van der Waals surface area contributed by atoms with Crippen LogP contribution in [0, 0.1) is 5.92 Å². The Bertz CT molecular complexity index is 1070. The summed E-state index contributed by atoms with van der Waals surface area (Å²) in [7, 11) is -4.07. The lowest BCUT2D eigenvalue weighted by molar-refractivity contribution is -0.141. The molecule has 4 rings (SSSR count). The summed E-state index contributed by atoms with van der Waals surface area (Å²) in [6.45, 7) is 2.21. The number of hydrogen-bond acceptors (Lipinski definition) is 5. The third-order valence-corrected chi connectivity index (χ3v) is 6.80. The van der Waals surface area contributed by atoms with Crippen LogP contribution in [-0.4, -0.2) is 41.9 Å². The molecule has 2 aromatic rings. The Hall–Kier alpha value is -2.13. The smallest absolute Gasteiger partial charge is 0.307 e. The number of hydrogen-bond donors (Lipinski definition) is 2. The molecule has 7 nitrogen and oxygen atoms in total. The highest BCUT2D eigenvalue weighted by atomic mass is 32.2. The van der Waals surface area contributed by atoms with Gasteiger partial charge >= 0.3 is 5.97 Å². The van der Waals surface area contributed by atoms with Gasteiger partial charge < -0.3 is 5.11 Å². The lowest BCUT2D eigenvalue weighted by Crippen LogP contribution is -2.36. The van der Waals surface area contributed by atoms with Gasteiger partial charge in [-0.25, -0.2) is 17.5 Å². The molecule has 1 aromatic carbocycles. The number of aromatic nitrogens is 2. The number of carboxylic acids is 1. The number of aliphatic carboxylic acids is 1. The van der Waals surface area contributed by atoms with Gasteiger partial charge in [-0.2, -0.15) is 10.2 Å². The SMILES string of the molecule is CC(C)(F)CNS(=O)(=O)c1c2c(cc3nnc(C4CC4)cc13)CC(C(=O)O)C2. The summed E-state index contributed by atoms with van der Waals surface area (Å²) < 4.78 is 42.6. The maximum Gasteiger partial charge on any atom is 0.307 e. The van der Waals surface area contributed by atoms with E-state index in [4.69, 9.17) is 0 Å². The molecule has 2 aliphatic carbocycles. The molecule has 1 unspecified atom stereocenters. The Morgan fingerprint density at radius 3 is 2.61 bits per heavy atom. The number of sulfonamides is 1. The van der Waals surface area contributed by atoms with Crippen molar-refractivity contribution in [2.75, 3.05) is 6.54 Å². The first-order valence-electron chi connectivity index (χ1n) is 9.28. The average Bonchev–Trinajstić information content (AvgIpc) is 3.36. The fourth-order valence-corrected chi connectivity index (χ4v) is 5.32. The summed E-state index contributed by atoms with van der Waals surface area (Å²) >= 11 is 0. The minimum Gasteiger partial charge on any atom is -0.481 e. The fraction of sp³-hybridized carbons (Fsp3) is 0.526. The molecule has 0 radical (unpaired) electrons. The van der Waals surface area contributed by atoms with Crippen molar-refractivity contribution in [1.29, 1.82) is 0 Å². The van der Waals surface area contributed by atoms with E-state index >= 15 is 0 Å². The van der Waals surface area contributed by atoms with Crippen LogP contribution >= 0.6 is 0 Å². The highest BCUT2D eigenvalue weighted by molar-refractivity contribution is 7.89. The third kappa shape index (κ3) is 3.60. The van der Waals surface area contributed by atoms with E-state index in [1.54, 1.807) is 12.1 Å². The molecular weight excluding hydrogens is 385 g/mol. The van der Waals surface area contributed by atoms with Crippen molar-refractivity contribution in [3.05, 3.63) is 29.0 Å². The van der Waals surface area contributed by atoms with Gasteiger partial charge in [0, 0.05) is 17.8 Å². The van der Waals surface area contributed by atoms with Gasteiger partial charge in [0.25, 0.3) is 0 Å². The number of alkyl halides is 1. The van der Waals surface area contributed by atoms with Crippen LogP contribution in [0.1, 0.15) is 49.4 Å². The maximum atomic E-state index is 13.9. The summed E-state index contributed by atoms with van der Waals surface area (Å²) in [5.41, 5.74) is 0.562. The first-order chi connectivity index (χ1) is 13.0. The molecule has 0 spiro atoms. The summed E-state index contributed by atoms with van der Waals surface area (Å²) in [5, 5.41) is 18.3. The van der Waals surface area contributed by atoms with E-state index in [-0.39, 0.29) is 30.2 Å². The first kappa shape index (κ1) is 19.2. The molecule has 1 atom stereocenters. The molecule has 150 valence electrons. The summed E-state index contributed by atoms with van der Waals surface area (Å²) in [5.74, 6) is -1.37. The van der Waals surface area contributed by atoms with Crippen molar-refractivity contribution in [3.63, 3.8) is 0 Å². The summed E-state index contributed by atoms with van der Waals surface area (Å²) in [6.07, 6.45) is 2.34. The van der Waals surface area contributed by atoms with Crippen molar-refractivity contribution in [2.45, 2.75) is 56.0 Å². The van der Waals surface area contributed by atoms with Gasteiger partial charge in [0.1, 0.15) is 5.67 Å². The minimum absolute atomic E-state index is 0.0183. The molecule has 2 aliphatic rings. The third-order valence-electron chi connectivity index (χ3n) is 5.27. The number of nitrogens with one attached hydrogen (secondary N) is 1. The van der Waals surface area contributed by atoms with Gasteiger partial charge in [-0.1, -0.05) is 0 Å². The molecule has 0 amide bonds. The average molecular weight is 407 g/mol. The molecule has 0 bridgehead atoms. The van der Waals surface area contributed by atoms with E-state index in [1.807, 2.05) is 0 Å². The molecule has 2 N–H and O–H groups in total. The molecule has 0 saturated heterocycles. The van der Waals surface area contributed by atoms with Crippen LogP contribution in [0.25, 0.3) is 10.9 Å². The van der Waals surface area contributed by atoms with Crippen molar-refractivity contribution in [3.8, 4) is 0 Å². The van der Waals surface area contributed by atoms with E-state index in [9.17, 15) is 22.7 Å². The topological polar surface area (TPSA) is 109 Å². The number of rotatable bonds is 6. The van der Waals surface area contributed by atoms with Gasteiger partial charge in [0.15, 0.2) is 0 Å². The number of fused-ring (bicyclic) bond motifs is 2. The van der Waals surface area contributed by atoms with Gasteiger partial charge in [-0.15, -0.1) is 0 Å². The molecule has 0 aliphatic heterocycles. The lowest BCUT2D eigenvalue weighted by Gasteiger charge is -2.18. The molecule has 1 aromatic heterocycles. The maximum absolute atomic E-state index is 13.9. The quantitative estimate of drug-likeness (QED) is 0.761. The summed E-state index contributed by atoms with van der Waals surface area (Å²) in [6, 6.07) is 3.47. The fourth-order valence-electron chi connectivity index (χ4n) is 3.65. The van der Waals surface area contributed by atoms with E-state index in [0.717, 1.165) is 18.5 Å². The van der Waals surface area contributed by atoms with Gasteiger partial charge in [0.05, 0.1) is 22.0 Å². The number of carbonyl (C=O) groups is 1. The second-order valence-electron chi connectivity index (χ2n) is 8.31. The van der Waals surface area contributed by atoms with E-state index in [2.05, 4.69) is 14.9 Å². The van der Waals surface area contributed by atoms with E-state index < -0.39 is 27.6 Å². The molecule has 1 saturated carbocycles. The monoisotopic (exact) mass is 407 g/mol. The Morgan fingerprint density at radius 1 is 1.29 bits per heavy atom.